The highest BCUT2D eigenvalue weighted by molar-refractivity contribution is 5.77. The lowest BCUT2D eigenvalue weighted by Crippen LogP contribution is -2.34. The van der Waals surface area contributed by atoms with Crippen molar-refractivity contribution in [3.63, 3.8) is 0 Å². The number of carbonyl (C=O) groups excluding carboxylic acids is 1. The zero-order chi connectivity index (χ0) is 13.8. The molecule has 2 aromatic rings. The molecule has 0 bridgehead atoms. The number of nitrogens with zero attached hydrogens (tertiary/aromatic N) is 1. The highest BCUT2D eigenvalue weighted by Crippen LogP contribution is 2.45. The molecule has 3 heteroatoms. The minimum absolute atomic E-state index is 0.108. The molecule has 1 aromatic heterocycles. The van der Waals surface area contributed by atoms with Crippen LogP contribution in [0.4, 0.5) is 0 Å². The van der Waals surface area contributed by atoms with Crippen molar-refractivity contribution >= 4 is 5.91 Å². The van der Waals surface area contributed by atoms with Crippen LogP contribution in [-0.4, -0.2) is 10.9 Å². The molecule has 3 nitrogen and oxygen atoms in total. The van der Waals surface area contributed by atoms with Gasteiger partial charge >= 0.3 is 0 Å². The summed E-state index contributed by atoms with van der Waals surface area (Å²) in [5.74, 6) is 0.108. The fourth-order valence-electron chi connectivity index (χ4n) is 2.49. The molecular weight excluding hydrogens is 248 g/mol. The van der Waals surface area contributed by atoms with Crippen molar-refractivity contribution in [2.75, 3.05) is 0 Å². The number of nitrogens with one attached hydrogen (secondary N) is 1. The summed E-state index contributed by atoms with van der Waals surface area (Å²) in [6, 6.07) is 16.0. The highest BCUT2D eigenvalue weighted by Gasteiger charge is 2.45. The molecule has 1 aliphatic rings. The van der Waals surface area contributed by atoms with Gasteiger partial charge in [-0.3, -0.25) is 9.78 Å². The van der Waals surface area contributed by atoms with E-state index in [1.165, 1.54) is 5.56 Å². The molecule has 1 aliphatic carbocycles. The van der Waals surface area contributed by atoms with E-state index in [0.717, 1.165) is 18.5 Å². The van der Waals surface area contributed by atoms with Crippen LogP contribution in [0.15, 0.2) is 54.7 Å². The third-order valence-corrected chi connectivity index (χ3v) is 3.79. The van der Waals surface area contributed by atoms with Gasteiger partial charge < -0.3 is 5.32 Å². The van der Waals surface area contributed by atoms with E-state index in [1.54, 1.807) is 6.20 Å². The number of aryl methyl sites for hydroxylation is 1. The van der Waals surface area contributed by atoms with Crippen molar-refractivity contribution in [2.45, 2.75) is 31.2 Å². The Hall–Kier alpha value is -2.16. The first-order valence-corrected chi connectivity index (χ1v) is 7.05. The maximum atomic E-state index is 12.1. The van der Waals surface area contributed by atoms with Crippen molar-refractivity contribution in [2.24, 2.45) is 0 Å². The molecule has 0 spiro atoms. The third kappa shape index (κ3) is 2.87. The number of aromatic nitrogens is 1. The lowest BCUT2D eigenvalue weighted by Gasteiger charge is -2.17. The van der Waals surface area contributed by atoms with E-state index in [1.807, 2.05) is 36.4 Å². The van der Waals surface area contributed by atoms with Crippen molar-refractivity contribution in [1.29, 1.82) is 0 Å². The molecule has 0 atom stereocenters. The van der Waals surface area contributed by atoms with E-state index in [9.17, 15) is 4.79 Å². The van der Waals surface area contributed by atoms with Gasteiger partial charge in [0.1, 0.15) is 0 Å². The summed E-state index contributed by atoms with van der Waals surface area (Å²) in [6.07, 6.45) is 5.02. The summed E-state index contributed by atoms with van der Waals surface area (Å²) in [5, 5.41) is 3.19. The molecule has 1 aromatic carbocycles. The number of carbonyl (C=O) groups is 1. The van der Waals surface area contributed by atoms with Gasteiger partial charge in [0.05, 0.1) is 5.54 Å². The Morgan fingerprint density at radius 3 is 2.50 bits per heavy atom. The number of amides is 1. The fraction of sp³-hybridized carbons (Fsp3) is 0.294. The average Bonchev–Trinajstić information content (AvgIpc) is 3.28. The minimum Gasteiger partial charge on any atom is -0.347 e. The summed E-state index contributed by atoms with van der Waals surface area (Å²) >= 11 is 0. The highest BCUT2D eigenvalue weighted by atomic mass is 16.1. The monoisotopic (exact) mass is 266 g/mol. The standard InChI is InChI=1S/C17H18N2O/c20-16(10-9-15-8-4-5-13-18-15)19-17(11-12-17)14-6-2-1-3-7-14/h1-8,13H,9-12H2,(H,19,20). The van der Waals surface area contributed by atoms with Crippen LogP contribution < -0.4 is 5.32 Å². The predicted octanol–water partition coefficient (Wildman–Crippen LogP) is 2.82. The minimum atomic E-state index is -0.109. The van der Waals surface area contributed by atoms with Gasteiger partial charge in [0.2, 0.25) is 5.91 Å². The number of benzene rings is 1. The maximum Gasteiger partial charge on any atom is 0.221 e. The van der Waals surface area contributed by atoms with Crippen LogP contribution in [-0.2, 0) is 16.8 Å². The molecule has 0 aliphatic heterocycles. The molecule has 1 fully saturated rings. The van der Waals surface area contributed by atoms with Gasteiger partial charge in [0.25, 0.3) is 0 Å². The van der Waals surface area contributed by atoms with E-state index < -0.39 is 0 Å². The molecule has 0 unspecified atom stereocenters. The summed E-state index contributed by atoms with van der Waals surface area (Å²) < 4.78 is 0. The van der Waals surface area contributed by atoms with Crippen LogP contribution >= 0.6 is 0 Å². The molecule has 3 rings (SSSR count). The lowest BCUT2D eigenvalue weighted by molar-refractivity contribution is -0.122. The van der Waals surface area contributed by atoms with E-state index in [-0.39, 0.29) is 11.4 Å². The molecule has 0 saturated heterocycles. The zero-order valence-electron chi connectivity index (χ0n) is 11.4. The van der Waals surface area contributed by atoms with Crippen molar-refractivity contribution in [3.05, 3.63) is 66.0 Å². The quantitative estimate of drug-likeness (QED) is 0.904. The summed E-state index contributed by atoms with van der Waals surface area (Å²) in [5.41, 5.74) is 2.07. The first kappa shape index (κ1) is 12.9. The Balaban J connectivity index is 1.57. The molecule has 20 heavy (non-hydrogen) atoms. The summed E-state index contributed by atoms with van der Waals surface area (Å²) in [7, 11) is 0. The van der Waals surface area contributed by atoms with E-state index in [2.05, 4.69) is 22.4 Å². The second-order valence-electron chi connectivity index (χ2n) is 5.32. The number of pyridine rings is 1. The fourth-order valence-corrected chi connectivity index (χ4v) is 2.49. The van der Waals surface area contributed by atoms with Gasteiger partial charge in [-0.2, -0.15) is 0 Å². The molecular formula is C17H18N2O. The number of hydrogen-bond acceptors (Lipinski definition) is 2. The Morgan fingerprint density at radius 2 is 1.85 bits per heavy atom. The van der Waals surface area contributed by atoms with Crippen LogP contribution in [0, 0.1) is 0 Å². The summed E-state index contributed by atoms with van der Waals surface area (Å²) in [4.78, 5) is 16.3. The maximum absolute atomic E-state index is 12.1. The average molecular weight is 266 g/mol. The van der Waals surface area contributed by atoms with Gasteiger partial charge in [-0.1, -0.05) is 36.4 Å². The van der Waals surface area contributed by atoms with Gasteiger partial charge in [0, 0.05) is 18.3 Å². The molecule has 0 radical (unpaired) electrons. The van der Waals surface area contributed by atoms with Crippen LogP contribution in [0.1, 0.15) is 30.5 Å². The van der Waals surface area contributed by atoms with E-state index >= 15 is 0 Å². The number of hydrogen-bond donors (Lipinski definition) is 1. The SMILES string of the molecule is O=C(CCc1ccccn1)NC1(c2ccccc2)CC1. The largest absolute Gasteiger partial charge is 0.347 e. The smallest absolute Gasteiger partial charge is 0.221 e. The first-order valence-electron chi connectivity index (χ1n) is 7.05. The topological polar surface area (TPSA) is 42.0 Å². The Labute approximate surface area is 119 Å². The second-order valence-corrected chi connectivity index (χ2v) is 5.32. The van der Waals surface area contributed by atoms with Crippen molar-refractivity contribution in [1.82, 2.24) is 10.3 Å². The molecule has 102 valence electrons. The van der Waals surface area contributed by atoms with Crippen molar-refractivity contribution in [3.8, 4) is 0 Å². The van der Waals surface area contributed by atoms with Crippen LogP contribution in [0.2, 0.25) is 0 Å². The Morgan fingerprint density at radius 1 is 1.10 bits per heavy atom. The first-order chi connectivity index (χ1) is 9.78. The Bertz CT molecular complexity index is 576. The number of rotatable bonds is 5. The molecule has 1 amide bonds. The van der Waals surface area contributed by atoms with Gasteiger partial charge in [0.15, 0.2) is 0 Å². The summed E-state index contributed by atoms with van der Waals surface area (Å²) in [6.45, 7) is 0. The van der Waals surface area contributed by atoms with E-state index in [4.69, 9.17) is 0 Å². The van der Waals surface area contributed by atoms with Crippen LogP contribution in [0.3, 0.4) is 0 Å². The Kier molecular flexibility index (Phi) is 3.50. The normalized spacial score (nSPS) is 15.6. The van der Waals surface area contributed by atoms with E-state index in [0.29, 0.717) is 12.8 Å². The third-order valence-electron chi connectivity index (χ3n) is 3.79. The van der Waals surface area contributed by atoms with Gasteiger partial charge in [-0.15, -0.1) is 0 Å². The van der Waals surface area contributed by atoms with Crippen LogP contribution in [0.5, 0.6) is 0 Å². The molecule has 1 saturated carbocycles. The zero-order valence-corrected chi connectivity index (χ0v) is 11.4. The lowest BCUT2D eigenvalue weighted by atomic mass is 10.0. The van der Waals surface area contributed by atoms with Gasteiger partial charge in [-0.05, 0) is 37.0 Å². The van der Waals surface area contributed by atoms with Crippen LogP contribution in [0.25, 0.3) is 0 Å². The van der Waals surface area contributed by atoms with Gasteiger partial charge in [-0.25, -0.2) is 0 Å². The second kappa shape index (κ2) is 5.45. The predicted molar refractivity (Wildman–Crippen MR) is 78.1 cm³/mol. The molecule has 1 N–H and O–H groups in total. The van der Waals surface area contributed by atoms with Crippen molar-refractivity contribution < 1.29 is 4.79 Å². The molecule has 1 heterocycles.